The SMILES string of the molecule is OC(CCc1ccncc1)CNC1CC1. The van der Waals surface area contributed by atoms with Crippen LogP contribution in [0.3, 0.4) is 0 Å². The zero-order valence-corrected chi connectivity index (χ0v) is 8.89. The number of aromatic nitrogens is 1. The highest BCUT2D eigenvalue weighted by atomic mass is 16.3. The summed E-state index contributed by atoms with van der Waals surface area (Å²) in [6, 6.07) is 4.68. The molecule has 3 nitrogen and oxygen atoms in total. The molecule has 0 aromatic carbocycles. The van der Waals surface area contributed by atoms with E-state index in [-0.39, 0.29) is 6.10 Å². The van der Waals surface area contributed by atoms with E-state index >= 15 is 0 Å². The van der Waals surface area contributed by atoms with E-state index in [1.165, 1.54) is 18.4 Å². The third-order valence-corrected chi connectivity index (χ3v) is 2.74. The predicted octanol–water partition coefficient (Wildman–Crippen LogP) is 1.13. The van der Waals surface area contributed by atoms with Crippen molar-refractivity contribution in [3.05, 3.63) is 30.1 Å². The van der Waals surface area contributed by atoms with Crippen LogP contribution in [-0.4, -0.2) is 28.8 Å². The van der Waals surface area contributed by atoms with Crippen molar-refractivity contribution in [1.82, 2.24) is 10.3 Å². The molecule has 1 aromatic heterocycles. The summed E-state index contributed by atoms with van der Waals surface area (Å²) in [7, 11) is 0. The van der Waals surface area contributed by atoms with Crippen LogP contribution in [-0.2, 0) is 6.42 Å². The second-order valence-electron chi connectivity index (χ2n) is 4.23. The quantitative estimate of drug-likeness (QED) is 0.733. The molecule has 1 fully saturated rings. The van der Waals surface area contributed by atoms with Crippen molar-refractivity contribution in [1.29, 1.82) is 0 Å². The first kappa shape index (κ1) is 10.6. The van der Waals surface area contributed by atoms with Crippen LogP contribution in [0.4, 0.5) is 0 Å². The molecule has 0 bridgehead atoms. The highest BCUT2D eigenvalue weighted by Gasteiger charge is 2.21. The van der Waals surface area contributed by atoms with Gasteiger partial charge in [-0.15, -0.1) is 0 Å². The maximum atomic E-state index is 9.71. The molecule has 0 amide bonds. The van der Waals surface area contributed by atoms with Gasteiger partial charge >= 0.3 is 0 Å². The van der Waals surface area contributed by atoms with Crippen LogP contribution in [0.1, 0.15) is 24.8 Å². The molecule has 0 aliphatic heterocycles. The van der Waals surface area contributed by atoms with E-state index < -0.39 is 0 Å². The maximum Gasteiger partial charge on any atom is 0.0667 e. The summed E-state index contributed by atoms with van der Waals surface area (Å²) < 4.78 is 0. The van der Waals surface area contributed by atoms with Crippen molar-refractivity contribution in [3.8, 4) is 0 Å². The molecule has 2 N–H and O–H groups in total. The Kier molecular flexibility index (Phi) is 3.69. The van der Waals surface area contributed by atoms with Gasteiger partial charge in [0.25, 0.3) is 0 Å². The molecule has 1 atom stereocenters. The Morgan fingerprint density at radius 2 is 2.13 bits per heavy atom. The summed E-state index contributed by atoms with van der Waals surface area (Å²) in [5, 5.41) is 13.0. The van der Waals surface area contributed by atoms with Crippen LogP contribution >= 0.6 is 0 Å². The largest absolute Gasteiger partial charge is 0.392 e. The Labute approximate surface area is 90.5 Å². The average molecular weight is 206 g/mol. The number of hydrogen-bond acceptors (Lipinski definition) is 3. The van der Waals surface area contributed by atoms with Crippen LogP contribution in [0.15, 0.2) is 24.5 Å². The molecule has 15 heavy (non-hydrogen) atoms. The number of pyridine rings is 1. The van der Waals surface area contributed by atoms with E-state index in [0.29, 0.717) is 6.04 Å². The van der Waals surface area contributed by atoms with Gasteiger partial charge in [-0.1, -0.05) is 0 Å². The molecule has 0 saturated heterocycles. The average Bonchev–Trinajstić information content (AvgIpc) is 3.09. The number of nitrogens with one attached hydrogen (secondary N) is 1. The van der Waals surface area contributed by atoms with Gasteiger partial charge in [0.15, 0.2) is 0 Å². The highest BCUT2D eigenvalue weighted by molar-refractivity contribution is 5.09. The normalized spacial score (nSPS) is 17.7. The summed E-state index contributed by atoms with van der Waals surface area (Å²) in [5.74, 6) is 0. The van der Waals surface area contributed by atoms with Crippen molar-refractivity contribution in [3.63, 3.8) is 0 Å². The number of aliphatic hydroxyl groups is 1. The van der Waals surface area contributed by atoms with Crippen molar-refractivity contribution >= 4 is 0 Å². The first-order valence-corrected chi connectivity index (χ1v) is 5.65. The first-order chi connectivity index (χ1) is 7.34. The summed E-state index contributed by atoms with van der Waals surface area (Å²) >= 11 is 0. The second-order valence-corrected chi connectivity index (χ2v) is 4.23. The molecule has 82 valence electrons. The van der Waals surface area contributed by atoms with Gasteiger partial charge in [0.1, 0.15) is 0 Å². The van der Waals surface area contributed by atoms with Gasteiger partial charge < -0.3 is 10.4 Å². The third-order valence-electron chi connectivity index (χ3n) is 2.74. The lowest BCUT2D eigenvalue weighted by molar-refractivity contribution is 0.161. The molecular weight excluding hydrogens is 188 g/mol. The smallest absolute Gasteiger partial charge is 0.0667 e. The van der Waals surface area contributed by atoms with Gasteiger partial charge in [0, 0.05) is 25.0 Å². The van der Waals surface area contributed by atoms with Crippen molar-refractivity contribution in [2.45, 2.75) is 37.8 Å². The van der Waals surface area contributed by atoms with E-state index in [1.807, 2.05) is 12.1 Å². The van der Waals surface area contributed by atoms with Gasteiger partial charge in [-0.3, -0.25) is 4.98 Å². The molecule has 2 rings (SSSR count). The minimum atomic E-state index is -0.223. The molecule has 1 aliphatic rings. The van der Waals surface area contributed by atoms with E-state index in [4.69, 9.17) is 0 Å². The van der Waals surface area contributed by atoms with E-state index in [1.54, 1.807) is 12.4 Å². The van der Waals surface area contributed by atoms with Crippen LogP contribution in [0.5, 0.6) is 0 Å². The maximum absolute atomic E-state index is 9.71. The van der Waals surface area contributed by atoms with Gasteiger partial charge in [-0.25, -0.2) is 0 Å². The van der Waals surface area contributed by atoms with E-state index in [9.17, 15) is 5.11 Å². The van der Waals surface area contributed by atoms with E-state index in [0.717, 1.165) is 19.4 Å². The van der Waals surface area contributed by atoms with Crippen LogP contribution in [0.2, 0.25) is 0 Å². The van der Waals surface area contributed by atoms with E-state index in [2.05, 4.69) is 10.3 Å². The number of nitrogens with zero attached hydrogens (tertiary/aromatic N) is 1. The van der Waals surface area contributed by atoms with Crippen LogP contribution in [0, 0.1) is 0 Å². The fourth-order valence-electron chi connectivity index (χ4n) is 1.57. The molecule has 1 heterocycles. The van der Waals surface area contributed by atoms with Crippen LogP contribution in [0.25, 0.3) is 0 Å². The fourth-order valence-corrected chi connectivity index (χ4v) is 1.57. The number of aliphatic hydroxyl groups excluding tert-OH is 1. The van der Waals surface area contributed by atoms with Crippen LogP contribution < -0.4 is 5.32 Å². The van der Waals surface area contributed by atoms with Gasteiger partial charge in [-0.05, 0) is 43.4 Å². The van der Waals surface area contributed by atoms with Gasteiger partial charge in [-0.2, -0.15) is 0 Å². The van der Waals surface area contributed by atoms with Crippen molar-refractivity contribution in [2.24, 2.45) is 0 Å². The Bertz CT molecular complexity index is 285. The number of aryl methyl sites for hydroxylation is 1. The lowest BCUT2D eigenvalue weighted by Crippen LogP contribution is -2.28. The number of hydrogen-bond donors (Lipinski definition) is 2. The number of rotatable bonds is 6. The van der Waals surface area contributed by atoms with Gasteiger partial charge in [0.2, 0.25) is 0 Å². The topological polar surface area (TPSA) is 45.2 Å². The molecule has 1 aliphatic carbocycles. The summed E-state index contributed by atoms with van der Waals surface area (Å²) in [6.45, 7) is 0.732. The molecule has 1 saturated carbocycles. The Hall–Kier alpha value is -0.930. The third kappa shape index (κ3) is 3.98. The van der Waals surface area contributed by atoms with Crippen molar-refractivity contribution in [2.75, 3.05) is 6.54 Å². The standard InChI is InChI=1S/C12H18N2O/c15-12(9-14-11-2-3-11)4-1-10-5-7-13-8-6-10/h5-8,11-12,14-15H,1-4,9H2. The molecule has 0 spiro atoms. The summed E-state index contributed by atoms with van der Waals surface area (Å²) in [6.07, 6.45) is 7.67. The monoisotopic (exact) mass is 206 g/mol. The first-order valence-electron chi connectivity index (χ1n) is 5.65. The Morgan fingerprint density at radius 1 is 1.40 bits per heavy atom. The minimum absolute atomic E-state index is 0.223. The zero-order valence-electron chi connectivity index (χ0n) is 8.89. The Morgan fingerprint density at radius 3 is 2.80 bits per heavy atom. The van der Waals surface area contributed by atoms with Crippen molar-refractivity contribution < 1.29 is 5.11 Å². The highest BCUT2D eigenvalue weighted by Crippen LogP contribution is 2.18. The molecule has 1 unspecified atom stereocenters. The molecule has 1 aromatic rings. The molecular formula is C12H18N2O. The van der Waals surface area contributed by atoms with Gasteiger partial charge in [0.05, 0.1) is 6.10 Å². The lowest BCUT2D eigenvalue weighted by Gasteiger charge is -2.10. The summed E-state index contributed by atoms with van der Waals surface area (Å²) in [5.41, 5.74) is 1.25. The Balaban J connectivity index is 1.63. The minimum Gasteiger partial charge on any atom is -0.392 e. The zero-order chi connectivity index (χ0) is 10.5. The predicted molar refractivity (Wildman–Crippen MR) is 59.6 cm³/mol. The molecule has 0 radical (unpaired) electrons. The summed E-state index contributed by atoms with van der Waals surface area (Å²) in [4.78, 5) is 3.97. The fraction of sp³-hybridized carbons (Fsp3) is 0.583. The second kappa shape index (κ2) is 5.24. The lowest BCUT2D eigenvalue weighted by atomic mass is 10.1. The molecule has 3 heteroatoms.